The van der Waals surface area contributed by atoms with Crippen molar-refractivity contribution in [2.75, 3.05) is 5.32 Å². The quantitative estimate of drug-likeness (QED) is 0.597. The van der Waals surface area contributed by atoms with Crippen molar-refractivity contribution in [2.45, 2.75) is 13.3 Å². The molecule has 25 heavy (non-hydrogen) atoms. The number of nitrogens with one attached hydrogen (secondary N) is 2. The van der Waals surface area contributed by atoms with Gasteiger partial charge in [0.2, 0.25) is 0 Å². The van der Waals surface area contributed by atoms with Gasteiger partial charge in [0.05, 0.1) is 17.5 Å². The smallest absolute Gasteiger partial charge is 0.259 e. The number of amides is 1. The Labute approximate surface area is 142 Å². The molecule has 0 spiro atoms. The van der Waals surface area contributed by atoms with Gasteiger partial charge in [-0.15, -0.1) is 0 Å². The van der Waals surface area contributed by atoms with Gasteiger partial charge < -0.3 is 5.32 Å². The van der Waals surface area contributed by atoms with E-state index < -0.39 is 0 Å². The van der Waals surface area contributed by atoms with Gasteiger partial charge in [0.1, 0.15) is 11.0 Å². The number of anilines is 1. The van der Waals surface area contributed by atoms with Crippen LogP contribution in [0.4, 0.5) is 5.69 Å². The Bertz CT molecular complexity index is 1040. The Morgan fingerprint density at radius 3 is 2.88 bits per heavy atom. The Kier molecular flexibility index (Phi) is 3.70. The number of benzene rings is 1. The van der Waals surface area contributed by atoms with Crippen molar-refractivity contribution in [3.05, 3.63) is 60.0 Å². The molecule has 0 aliphatic carbocycles. The van der Waals surface area contributed by atoms with Crippen molar-refractivity contribution < 1.29 is 4.79 Å². The molecule has 0 aliphatic rings. The SMILES string of the molecule is CCc1c(C(=O)Nc2ccc3n[nH]nc3c2)cnn1-c1ccccn1. The van der Waals surface area contributed by atoms with Gasteiger partial charge in [-0.25, -0.2) is 9.67 Å². The zero-order valence-electron chi connectivity index (χ0n) is 13.5. The van der Waals surface area contributed by atoms with E-state index in [1.807, 2.05) is 25.1 Å². The summed E-state index contributed by atoms with van der Waals surface area (Å²) in [7, 11) is 0. The van der Waals surface area contributed by atoms with E-state index in [2.05, 4.69) is 30.8 Å². The predicted octanol–water partition coefficient (Wildman–Crippen LogP) is 2.35. The third kappa shape index (κ3) is 2.74. The van der Waals surface area contributed by atoms with E-state index in [0.717, 1.165) is 11.2 Å². The molecule has 0 fully saturated rings. The fraction of sp³-hybridized carbons (Fsp3) is 0.118. The number of carbonyl (C=O) groups is 1. The molecular formula is C17H15N7O. The van der Waals surface area contributed by atoms with Gasteiger partial charge >= 0.3 is 0 Å². The molecule has 124 valence electrons. The first-order valence-electron chi connectivity index (χ1n) is 7.86. The fourth-order valence-corrected chi connectivity index (χ4v) is 2.70. The average molecular weight is 333 g/mol. The zero-order chi connectivity index (χ0) is 17.2. The number of carbonyl (C=O) groups excluding carboxylic acids is 1. The molecule has 0 saturated heterocycles. The molecule has 8 heteroatoms. The highest BCUT2D eigenvalue weighted by Crippen LogP contribution is 2.18. The minimum atomic E-state index is -0.220. The molecule has 0 aliphatic heterocycles. The lowest BCUT2D eigenvalue weighted by atomic mass is 10.2. The number of H-pyrrole nitrogens is 1. The third-order valence-corrected chi connectivity index (χ3v) is 3.89. The normalized spacial score (nSPS) is 10.9. The fourth-order valence-electron chi connectivity index (χ4n) is 2.70. The van der Waals surface area contributed by atoms with E-state index in [0.29, 0.717) is 29.0 Å². The van der Waals surface area contributed by atoms with Crippen LogP contribution in [0.3, 0.4) is 0 Å². The summed E-state index contributed by atoms with van der Waals surface area (Å²) in [4.78, 5) is 17.0. The Morgan fingerprint density at radius 1 is 1.20 bits per heavy atom. The topological polar surface area (TPSA) is 101 Å². The molecule has 0 atom stereocenters. The van der Waals surface area contributed by atoms with Crippen molar-refractivity contribution in [3.63, 3.8) is 0 Å². The van der Waals surface area contributed by atoms with Crippen LogP contribution in [0.15, 0.2) is 48.8 Å². The molecular weight excluding hydrogens is 318 g/mol. The molecule has 8 nitrogen and oxygen atoms in total. The second-order valence-electron chi connectivity index (χ2n) is 5.44. The largest absolute Gasteiger partial charge is 0.322 e. The predicted molar refractivity (Wildman–Crippen MR) is 92.6 cm³/mol. The van der Waals surface area contributed by atoms with E-state index in [1.165, 1.54) is 0 Å². The van der Waals surface area contributed by atoms with Crippen LogP contribution < -0.4 is 5.32 Å². The van der Waals surface area contributed by atoms with Crippen LogP contribution in [0.2, 0.25) is 0 Å². The number of nitrogens with zero attached hydrogens (tertiary/aromatic N) is 5. The molecule has 3 aromatic heterocycles. The lowest BCUT2D eigenvalue weighted by Gasteiger charge is -2.08. The van der Waals surface area contributed by atoms with Crippen LogP contribution in [-0.4, -0.2) is 36.1 Å². The minimum Gasteiger partial charge on any atom is -0.322 e. The maximum absolute atomic E-state index is 12.7. The van der Waals surface area contributed by atoms with Gasteiger partial charge in [0.15, 0.2) is 5.82 Å². The highest BCUT2D eigenvalue weighted by atomic mass is 16.1. The summed E-state index contributed by atoms with van der Waals surface area (Å²) < 4.78 is 1.69. The summed E-state index contributed by atoms with van der Waals surface area (Å²) in [6, 6.07) is 10.9. The standard InChI is InChI=1S/C17H15N7O/c1-2-15-12(10-19-24(15)16-5-3-4-8-18-16)17(25)20-11-6-7-13-14(9-11)22-23-21-13/h3-10H,2H2,1H3,(H,20,25)(H,21,22,23). The molecule has 3 heterocycles. The molecule has 1 aromatic carbocycles. The van der Waals surface area contributed by atoms with Gasteiger partial charge in [-0.05, 0) is 36.8 Å². The highest BCUT2D eigenvalue weighted by molar-refractivity contribution is 6.05. The van der Waals surface area contributed by atoms with Crippen LogP contribution in [0.1, 0.15) is 23.0 Å². The first-order valence-corrected chi connectivity index (χ1v) is 7.86. The summed E-state index contributed by atoms with van der Waals surface area (Å²) in [6.07, 6.45) is 3.92. The summed E-state index contributed by atoms with van der Waals surface area (Å²) in [5.41, 5.74) is 3.42. The zero-order valence-corrected chi connectivity index (χ0v) is 13.5. The third-order valence-electron chi connectivity index (χ3n) is 3.89. The molecule has 4 aromatic rings. The Morgan fingerprint density at radius 2 is 2.08 bits per heavy atom. The second-order valence-corrected chi connectivity index (χ2v) is 5.44. The first kappa shape index (κ1) is 15.0. The van der Waals surface area contributed by atoms with E-state index in [9.17, 15) is 4.79 Å². The Balaban J connectivity index is 1.64. The lowest BCUT2D eigenvalue weighted by molar-refractivity contribution is 0.102. The van der Waals surface area contributed by atoms with E-state index in [-0.39, 0.29) is 5.91 Å². The van der Waals surface area contributed by atoms with E-state index in [4.69, 9.17) is 0 Å². The van der Waals surface area contributed by atoms with Crippen LogP contribution >= 0.6 is 0 Å². The van der Waals surface area contributed by atoms with Crippen molar-refractivity contribution >= 4 is 22.6 Å². The number of hydrogen-bond donors (Lipinski definition) is 2. The monoisotopic (exact) mass is 333 g/mol. The number of rotatable bonds is 4. The number of aromatic amines is 1. The minimum absolute atomic E-state index is 0.220. The van der Waals surface area contributed by atoms with Crippen LogP contribution in [0.5, 0.6) is 0 Å². The van der Waals surface area contributed by atoms with Gasteiger partial charge in [-0.2, -0.15) is 20.5 Å². The second kappa shape index (κ2) is 6.16. The molecule has 2 N–H and O–H groups in total. The number of pyridine rings is 1. The maximum Gasteiger partial charge on any atom is 0.259 e. The van der Waals surface area contributed by atoms with Crippen molar-refractivity contribution in [3.8, 4) is 5.82 Å². The van der Waals surface area contributed by atoms with Gasteiger partial charge in [-0.3, -0.25) is 4.79 Å². The first-order chi connectivity index (χ1) is 12.3. The summed E-state index contributed by atoms with van der Waals surface area (Å²) in [6.45, 7) is 1.98. The van der Waals surface area contributed by atoms with E-state index in [1.54, 1.807) is 35.3 Å². The summed E-state index contributed by atoms with van der Waals surface area (Å²) in [5, 5.41) is 17.8. The number of hydrogen-bond acceptors (Lipinski definition) is 5. The van der Waals surface area contributed by atoms with Gasteiger partial charge in [0, 0.05) is 11.9 Å². The lowest BCUT2D eigenvalue weighted by Crippen LogP contribution is -2.14. The van der Waals surface area contributed by atoms with Crippen LogP contribution in [-0.2, 0) is 6.42 Å². The molecule has 1 amide bonds. The summed E-state index contributed by atoms with van der Waals surface area (Å²) in [5.74, 6) is 0.462. The highest BCUT2D eigenvalue weighted by Gasteiger charge is 2.18. The average Bonchev–Trinajstić information content (AvgIpc) is 3.28. The summed E-state index contributed by atoms with van der Waals surface area (Å²) >= 11 is 0. The van der Waals surface area contributed by atoms with Crippen LogP contribution in [0.25, 0.3) is 16.9 Å². The molecule has 0 radical (unpaired) electrons. The maximum atomic E-state index is 12.7. The van der Waals surface area contributed by atoms with E-state index >= 15 is 0 Å². The van der Waals surface area contributed by atoms with Crippen molar-refractivity contribution in [1.82, 2.24) is 30.2 Å². The molecule has 0 unspecified atom stereocenters. The Hall–Kier alpha value is -3.55. The van der Waals surface area contributed by atoms with Crippen LogP contribution in [0, 0.1) is 0 Å². The number of fused-ring (bicyclic) bond motifs is 1. The molecule has 0 saturated carbocycles. The molecule has 0 bridgehead atoms. The van der Waals surface area contributed by atoms with Gasteiger partial charge in [0.25, 0.3) is 5.91 Å². The van der Waals surface area contributed by atoms with Crippen molar-refractivity contribution in [1.29, 1.82) is 0 Å². The molecule has 4 rings (SSSR count). The van der Waals surface area contributed by atoms with Crippen molar-refractivity contribution in [2.24, 2.45) is 0 Å². The van der Waals surface area contributed by atoms with Gasteiger partial charge in [-0.1, -0.05) is 13.0 Å². The number of aromatic nitrogens is 6.